The maximum atomic E-state index is 9.71. The van der Waals surface area contributed by atoms with Crippen molar-refractivity contribution < 1.29 is 9.84 Å². The van der Waals surface area contributed by atoms with E-state index in [4.69, 9.17) is 4.74 Å². The Labute approximate surface area is 104 Å². The molecular weight excluding hydrogens is 214 g/mol. The second-order valence-electron chi connectivity index (χ2n) is 4.84. The summed E-state index contributed by atoms with van der Waals surface area (Å²) in [6.45, 7) is 7.84. The molecule has 3 nitrogen and oxygen atoms in total. The largest absolute Gasteiger partial charge is 0.389 e. The highest BCUT2D eigenvalue weighted by molar-refractivity contribution is 5.45. The molecule has 3 heteroatoms. The van der Waals surface area contributed by atoms with E-state index in [1.807, 2.05) is 25.1 Å². The van der Waals surface area contributed by atoms with Crippen LogP contribution in [0.5, 0.6) is 0 Å². The van der Waals surface area contributed by atoms with Crippen molar-refractivity contribution in [1.82, 2.24) is 0 Å². The molecule has 0 fully saturated rings. The Bertz CT molecular complexity index is 326. The molecule has 1 aromatic rings. The van der Waals surface area contributed by atoms with E-state index in [0.29, 0.717) is 25.7 Å². The normalized spacial score (nSPS) is 12.8. The lowest BCUT2D eigenvalue weighted by Gasteiger charge is -2.14. The third kappa shape index (κ3) is 6.29. The maximum Gasteiger partial charge on any atom is 0.0945 e. The zero-order valence-electron chi connectivity index (χ0n) is 10.9. The monoisotopic (exact) mass is 237 g/mol. The van der Waals surface area contributed by atoms with Crippen LogP contribution < -0.4 is 5.32 Å². The molecule has 0 aliphatic heterocycles. The Morgan fingerprint density at radius 2 is 2.06 bits per heavy atom. The molecule has 0 spiro atoms. The van der Waals surface area contributed by atoms with Gasteiger partial charge in [0.15, 0.2) is 0 Å². The second-order valence-corrected chi connectivity index (χ2v) is 4.84. The minimum absolute atomic E-state index is 0.386. The zero-order valence-corrected chi connectivity index (χ0v) is 10.9. The Kier molecular flexibility index (Phi) is 6.01. The average Bonchev–Trinajstić information content (AvgIpc) is 2.26. The van der Waals surface area contributed by atoms with Crippen LogP contribution in [0.25, 0.3) is 0 Å². The molecule has 0 saturated carbocycles. The van der Waals surface area contributed by atoms with Crippen molar-refractivity contribution in [3.8, 4) is 0 Å². The van der Waals surface area contributed by atoms with Gasteiger partial charge in [0.2, 0.25) is 0 Å². The van der Waals surface area contributed by atoms with E-state index in [0.717, 1.165) is 5.69 Å². The van der Waals surface area contributed by atoms with Gasteiger partial charge in [0.1, 0.15) is 0 Å². The first-order chi connectivity index (χ1) is 8.08. The number of anilines is 1. The quantitative estimate of drug-likeness (QED) is 0.765. The fourth-order valence-electron chi connectivity index (χ4n) is 1.49. The van der Waals surface area contributed by atoms with Crippen LogP contribution in [0.3, 0.4) is 0 Å². The van der Waals surface area contributed by atoms with Crippen molar-refractivity contribution in [2.75, 3.05) is 25.1 Å². The highest BCUT2D eigenvalue weighted by Crippen LogP contribution is 2.09. The molecule has 1 rings (SSSR count). The van der Waals surface area contributed by atoms with Crippen molar-refractivity contribution in [3.63, 3.8) is 0 Å². The third-order valence-electron chi connectivity index (χ3n) is 2.32. The zero-order chi connectivity index (χ0) is 12.7. The smallest absolute Gasteiger partial charge is 0.0945 e. The predicted molar refractivity (Wildman–Crippen MR) is 71.3 cm³/mol. The van der Waals surface area contributed by atoms with Gasteiger partial charge in [-0.1, -0.05) is 26.0 Å². The minimum atomic E-state index is -0.464. The Balaban J connectivity index is 2.21. The summed E-state index contributed by atoms with van der Waals surface area (Å²) in [6, 6.07) is 8.10. The third-order valence-corrected chi connectivity index (χ3v) is 2.32. The highest BCUT2D eigenvalue weighted by atomic mass is 16.5. The van der Waals surface area contributed by atoms with Crippen LogP contribution in [0, 0.1) is 12.8 Å². The first-order valence-corrected chi connectivity index (χ1v) is 6.14. The number of aryl methyl sites for hydroxylation is 1. The SMILES string of the molecule is Cc1cccc(NCC(O)COCC(C)C)c1. The lowest BCUT2D eigenvalue weighted by molar-refractivity contribution is 0.0318. The number of hydrogen-bond acceptors (Lipinski definition) is 3. The molecule has 0 aliphatic carbocycles. The van der Waals surface area contributed by atoms with E-state index in [2.05, 4.69) is 25.2 Å². The summed E-state index contributed by atoms with van der Waals surface area (Å²) in [7, 11) is 0. The van der Waals surface area contributed by atoms with Crippen LogP contribution in [-0.2, 0) is 4.74 Å². The van der Waals surface area contributed by atoms with Gasteiger partial charge in [-0.3, -0.25) is 0 Å². The van der Waals surface area contributed by atoms with E-state index in [9.17, 15) is 5.11 Å². The van der Waals surface area contributed by atoms with E-state index < -0.39 is 6.10 Å². The molecular formula is C14H23NO2. The van der Waals surface area contributed by atoms with Gasteiger partial charge in [0, 0.05) is 18.8 Å². The Hall–Kier alpha value is -1.06. The van der Waals surface area contributed by atoms with Crippen LogP contribution >= 0.6 is 0 Å². The lowest BCUT2D eigenvalue weighted by Crippen LogP contribution is -2.25. The van der Waals surface area contributed by atoms with E-state index in [1.165, 1.54) is 5.56 Å². The molecule has 1 aromatic carbocycles. The standard InChI is InChI=1S/C14H23NO2/c1-11(2)9-17-10-14(16)8-15-13-6-4-5-12(3)7-13/h4-7,11,14-16H,8-10H2,1-3H3. The highest BCUT2D eigenvalue weighted by Gasteiger charge is 2.04. The summed E-state index contributed by atoms with van der Waals surface area (Å²) < 4.78 is 5.38. The average molecular weight is 237 g/mol. The van der Waals surface area contributed by atoms with Crippen molar-refractivity contribution >= 4 is 5.69 Å². The number of ether oxygens (including phenoxy) is 1. The molecule has 17 heavy (non-hydrogen) atoms. The van der Waals surface area contributed by atoms with Gasteiger partial charge in [-0.2, -0.15) is 0 Å². The summed E-state index contributed by atoms with van der Waals surface area (Å²) in [5.41, 5.74) is 2.24. The fraction of sp³-hybridized carbons (Fsp3) is 0.571. The first-order valence-electron chi connectivity index (χ1n) is 6.14. The molecule has 96 valence electrons. The Morgan fingerprint density at radius 1 is 1.29 bits per heavy atom. The predicted octanol–water partition coefficient (Wildman–Crippen LogP) is 2.44. The van der Waals surface area contributed by atoms with Crippen LogP contribution in [-0.4, -0.2) is 31.0 Å². The van der Waals surface area contributed by atoms with Gasteiger partial charge in [0.25, 0.3) is 0 Å². The van der Waals surface area contributed by atoms with Crippen LogP contribution in [0.15, 0.2) is 24.3 Å². The van der Waals surface area contributed by atoms with Crippen molar-refractivity contribution in [2.24, 2.45) is 5.92 Å². The summed E-state index contributed by atoms with van der Waals surface area (Å²) in [5, 5.41) is 12.9. The number of benzene rings is 1. The molecule has 0 saturated heterocycles. The van der Waals surface area contributed by atoms with Gasteiger partial charge in [-0.15, -0.1) is 0 Å². The van der Waals surface area contributed by atoms with Crippen molar-refractivity contribution in [2.45, 2.75) is 26.9 Å². The molecule has 1 atom stereocenters. The van der Waals surface area contributed by atoms with Gasteiger partial charge >= 0.3 is 0 Å². The molecule has 0 heterocycles. The van der Waals surface area contributed by atoms with Gasteiger partial charge in [-0.25, -0.2) is 0 Å². The number of nitrogens with one attached hydrogen (secondary N) is 1. The van der Waals surface area contributed by atoms with Crippen molar-refractivity contribution in [3.05, 3.63) is 29.8 Å². The molecule has 0 amide bonds. The van der Waals surface area contributed by atoms with Crippen LogP contribution in [0.4, 0.5) is 5.69 Å². The number of aliphatic hydroxyl groups excluding tert-OH is 1. The van der Waals surface area contributed by atoms with Gasteiger partial charge in [0.05, 0.1) is 12.7 Å². The number of hydrogen-bond donors (Lipinski definition) is 2. The first kappa shape index (κ1) is 14.0. The summed E-state index contributed by atoms with van der Waals surface area (Å²) >= 11 is 0. The lowest BCUT2D eigenvalue weighted by atomic mass is 10.2. The number of rotatable bonds is 7. The summed E-state index contributed by atoms with van der Waals surface area (Å²) in [5.74, 6) is 0.506. The van der Waals surface area contributed by atoms with E-state index in [-0.39, 0.29) is 0 Å². The van der Waals surface area contributed by atoms with Crippen LogP contribution in [0.2, 0.25) is 0 Å². The molecule has 0 aromatic heterocycles. The second kappa shape index (κ2) is 7.30. The minimum Gasteiger partial charge on any atom is -0.389 e. The molecule has 1 unspecified atom stereocenters. The summed E-state index contributed by atoms with van der Waals surface area (Å²) in [6.07, 6.45) is -0.464. The van der Waals surface area contributed by atoms with Gasteiger partial charge in [-0.05, 0) is 30.5 Å². The number of aliphatic hydroxyl groups is 1. The van der Waals surface area contributed by atoms with E-state index >= 15 is 0 Å². The van der Waals surface area contributed by atoms with Crippen LogP contribution in [0.1, 0.15) is 19.4 Å². The molecule has 2 N–H and O–H groups in total. The Morgan fingerprint density at radius 3 is 2.71 bits per heavy atom. The van der Waals surface area contributed by atoms with E-state index in [1.54, 1.807) is 0 Å². The topological polar surface area (TPSA) is 41.5 Å². The fourth-order valence-corrected chi connectivity index (χ4v) is 1.49. The molecule has 0 bridgehead atoms. The summed E-state index contributed by atoms with van der Waals surface area (Å²) in [4.78, 5) is 0. The molecule has 0 aliphatic rings. The van der Waals surface area contributed by atoms with Crippen molar-refractivity contribution in [1.29, 1.82) is 0 Å². The maximum absolute atomic E-state index is 9.71. The molecule has 0 radical (unpaired) electrons. The van der Waals surface area contributed by atoms with Gasteiger partial charge < -0.3 is 15.2 Å².